The SMILES string of the molecule is c1ccc2c(c1)-c1cc3oc4ccc(-c5ccc6c7ccccc7n(-c7ccc8oc9ccccc9c8c7)c6c5)cc4c3cc1C21CCCCC1. The average molecular weight is 656 g/mol. The van der Waals surface area contributed by atoms with Crippen molar-refractivity contribution >= 4 is 65.7 Å². The monoisotopic (exact) mass is 655 g/mol. The molecule has 0 aliphatic heterocycles. The first-order chi connectivity index (χ1) is 25.2. The molecule has 2 aliphatic carbocycles. The van der Waals surface area contributed by atoms with E-state index in [0.29, 0.717) is 0 Å². The Morgan fingerprint density at radius 2 is 1.08 bits per heavy atom. The predicted octanol–water partition coefficient (Wildman–Crippen LogP) is 13.5. The summed E-state index contributed by atoms with van der Waals surface area (Å²) < 4.78 is 15.2. The van der Waals surface area contributed by atoms with Crippen molar-refractivity contribution in [2.24, 2.45) is 0 Å². The van der Waals surface area contributed by atoms with Gasteiger partial charge in [-0.1, -0.05) is 98.1 Å². The fourth-order valence-electron chi connectivity index (χ4n) is 9.88. The molecule has 2 aliphatic rings. The van der Waals surface area contributed by atoms with Crippen LogP contribution in [0.2, 0.25) is 0 Å². The van der Waals surface area contributed by atoms with Gasteiger partial charge in [-0.15, -0.1) is 0 Å². The van der Waals surface area contributed by atoms with E-state index in [1.807, 2.05) is 12.1 Å². The van der Waals surface area contributed by atoms with Crippen molar-refractivity contribution in [2.45, 2.75) is 37.5 Å². The van der Waals surface area contributed by atoms with E-state index >= 15 is 0 Å². The summed E-state index contributed by atoms with van der Waals surface area (Å²) in [5, 5.41) is 7.17. The standard InChI is InChI=1S/C48H33NO2/c1-8-22-48(23-9-1)40-13-5-2-10-32(40)36-28-47-39(27-41(36)48)37-24-29(17-20-45(37)51-47)30-16-19-34-33-11-3-6-14-42(33)49(43(34)25-30)31-18-21-46-38(26-31)35-12-4-7-15-44(35)50-46/h2-7,10-21,24-28H,1,8-9,22-23H2. The maximum Gasteiger partial charge on any atom is 0.136 e. The lowest BCUT2D eigenvalue weighted by Gasteiger charge is -2.35. The number of nitrogens with zero attached hydrogens (tertiary/aromatic N) is 1. The minimum absolute atomic E-state index is 0.115. The smallest absolute Gasteiger partial charge is 0.136 e. The fourth-order valence-corrected chi connectivity index (χ4v) is 9.88. The van der Waals surface area contributed by atoms with E-state index < -0.39 is 0 Å². The summed E-state index contributed by atoms with van der Waals surface area (Å²) in [6.07, 6.45) is 6.35. The fraction of sp³-hybridized carbons (Fsp3) is 0.125. The molecular weight excluding hydrogens is 623 g/mol. The molecule has 1 spiro atoms. The van der Waals surface area contributed by atoms with Gasteiger partial charge >= 0.3 is 0 Å². The van der Waals surface area contributed by atoms with Crippen LogP contribution in [0.25, 0.3) is 93.6 Å². The molecule has 0 amide bonds. The van der Waals surface area contributed by atoms with Gasteiger partial charge in [0.1, 0.15) is 22.3 Å². The normalized spacial score (nSPS) is 15.2. The molecular formula is C48H33NO2. The van der Waals surface area contributed by atoms with Crippen molar-refractivity contribution in [2.75, 3.05) is 0 Å². The Morgan fingerprint density at radius 3 is 2.00 bits per heavy atom. The zero-order chi connectivity index (χ0) is 33.3. The molecule has 0 radical (unpaired) electrons. The van der Waals surface area contributed by atoms with Crippen LogP contribution in [-0.4, -0.2) is 4.57 Å². The molecule has 12 rings (SSSR count). The molecule has 3 nitrogen and oxygen atoms in total. The van der Waals surface area contributed by atoms with E-state index in [0.717, 1.165) is 38.8 Å². The Hall–Kier alpha value is -6.06. The van der Waals surface area contributed by atoms with Crippen LogP contribution in [0, 0.1) is 0 Å². The maximum atomic E-state index is 6.59. The minimum Gasteiger partial charge on any atom is -0.456 e. The first-order valence-corrected chi connectivity index (χ1v) is 18.3. The predicted molar refractivity (Wildman–Crippen MR) is 210 cm³/mol. The number of benzene rings is 7. The highest BCUT2D eigenvalue weighted by atomic mass is 16.3. The Kier molecular flexibility index (Phi) is 5.45. The molecule has 3 aromatic heterocycles. The van der Waals surface area contributed by atoms with Crippen molar-refractivity contribution in [1.29, 1.82) is 0 Å². The Balaban J connectivity index is 1.05. The summed E-state index contributed by atoms with van der Waals surface area (Å²) in [5.74, 6) is 0. The second-order valence-electron chi connectivity index (χ2n) is 14.8. The van der Waals surface area contributed by atoms with E-state index in [1.54, 1.807) is 0 Å². The van der Waals surface area contributed by atoms with Crippen LogP contribution in [0.1, 0.15) is 43.2 Å². The molecule has 0 bridgehead atoms. The number of hydrogen-bond acceptors (Lipinski definition) is 2. The van der Waals surface area contributed by atoms with Crippen LogP contribution in [0.5, 0.6) is 0 Å². The van der Waals surface area contributed by atoms with Gasteiger partial charge < -0.3 is 13.4 Å². The Morgan fingerprint density at radius 1 is 0.412 bits per heavy atom. The number of fused-ring (bicyclic) bond motifs is 14. The third-order valence-electron chi connectivity index (χ3n) is 12.2. The van der Waals surface area contributed by atoms with Gasteiger partial charge in [0.05, 0.1) is 11.0 Å². The Labute approximate surface area is 294 Å². The zero-order valence-electron chi connectivity index (χ0n) is 28.1. The molecule has 0 saturated heterocycles. The minimum atomic E-state index is 0.115. The van der Waals surface area contributed by atoms with Gasteiger partial charge in [-0.3, -0.25) is 0 Å². The van der Waals surface area contributed by atoms with Gasteiger partial charge in [0.15, 0.2) is 0 Å². The molecule has 1 fully saturated rings. The topological polar surface area (TPSA) is 31.2 Å². The van der Waals surface area contributed by atoms with Crippen molar-refractivity contribution in [3.8, 4) is 27.9 Å². The third kappa shape index (κ3) is 3.73. The molecule has 7 aromatic carbocycles. The lowest BCUT2D eigenvalue weighted by molar-refractivity contribution is 0.353. The van der Waals surface area contributed by atoms with Crippen LogP contribution in [0.3, 0.4) is 0 Å². The summed E-state index contributed by atoms with van der Waals surface area (Å²) in [4.78, 5) is 0. The lowest BCUT2D eigenvalue weighted by atomic mass is 9.68. The number of furan rings is 2. The maximum absolute atomic E-state index is 6.59. The highest BCUT2D eigenvalue weighted by Crippen LogP contribution is 2.57. The summed E-state index contributed by atoms with van der Waals surface area (Å²) in [5.41, 5.74) is 15.5. The largest absolute Gasteiger partial charge is 0.456 e. The van der Waals surface area contributed by atoms with E-state index in [9.17, 15) is 0 Å². The van der Waals surface area contributed by atoms with Gasteiger partial charge in [0.25, 0.3) is 0 Å². The molecule has 0 unspecified atom stereocenters. The van der Waals surface area contributed by atoms with Gasteiger partial charge in [0, 0.05) is 43.4 Å². The summed E-state index contributed by atoms with van der Waals surface area (Å²) in [7, 11) is 0. The van der Waals surface area contributed by atoms with E-state index in [4.69, 9.17) is 8.83 Å². The average Bonchev–Trinajstić information content (AvgIpc) is 3.91. The van der Waals surface area contributed by atoms with E-state index in [1.165, 1.54) is 98.1 Å². The quantitative estimate of drug-likeness (QED) is 0.186. The van der Waals surface area contributed by atoms with Crippen LogP contribution in [0.4, 0.5) is 0 Å². The van der Waals surface area contributed by atoms with Crippen LogP contribution < -0.4 is 0 Å². The Bertz CT molecular complexity index is 3070. The molecule has 0 atom stereocenters. The van der Waals surface area contributed by atoms with Crippen molar-refractivity contribution in [1.82, 2.24) is 4.57 Å². The van der Waals surface area contributed by atoms with Crippen LogP contribution in [-0.2, 0) is 5.41 Å². The van der Waals surface area contributed by atoms with Crippen LogP contribution >= 0.6 is 0 Å². The van der Waals surface area contributed by atoms with Gasteiger partial charge in [0.2, 0.25) is 0 Å². The summed E-state index contributed by atoms with van der Waals surface area (Å²) >= 11 is 0. The second kappa shape index (κ2) is 10.0. The molecule has 10 aromatic rings. The first-order valence-electron chi connectivity index (χ1n) is 18.3. The highest BCUT2D eigenvalue weighted by molar-refractivity contribution is 6.12. The lowest BCUT2D eigenvalue weighted by Crippen LogP contribution is -2.27. The van der Waals surface area contributed by atoms with Crippen molar-refractivity contribution in [3.05, 3.63) is 151 Å². The van der Waals surface area contributed by atoms with Gasteiger partial charge in [-0.25, -0.2) is 0 Å². The van der Waals surface area contributed by atoms with Crippen molar-refractivity contribution in [3.63, 3.8) is 0 Å². The number of para-hydroxylation sites is 2. The van der Waals surface area contributed by atoms with Gasteiger partial charge in [-0.05, 0) is 107 Å². The van der Waals surface area contributed by atoms with Crippen molar-refractivity contribution < 1.29 is 8.83 Å². The number of hydrogen-bond donors (Lipinski definition) is 0. The third-order valence-corrected chi connectivity index (χ3v) is 12.2. The van der Waals surface area contributed by atoms with E-state index in [2.05, 4.69) is 132 Å². The first kappa shape index (κ1) is 27.7. The summed E-state index contributed by atoms with van der Waals surface area (Å²) in [6.45, 7) is 0. The number of aromatic nitrogens is 1. The molecule has 3 heteroatoms. The van der Waals surface area contributed by atoms with E-state index in [-0.39, 0.29) is 5.41 Å². The molecule has 3 heterocycles. The molecule has 0 N–H and O–H groups in total. The zero-order valence-corrected chi connectivity index (χ0v) is 28.1. The number of rotatable bonds is 2. The highest BCUT2D eigenvalue weighted by Gasteiger charge is 2.44. The molecule has 1 saturated carbocycles. The van der Waals surface area contributed by atoms with Gasteiger partial charge in [-0.2, -0.15) is 0 Å². The second-order valence-corrected chi connectivity index (χ2v) is 14.8. The molecule has 242 valence electrons. The van der Waals surface area contributed by atoms with Crippen LogP contribution in [0.15, 0.2) is 148 Å². The summed E-state index contributed by atoms with van der Waals surface area (Å²) in [6, 6.07) is 51.2. The molecule has 51 heavy (non-hydrogen) atoms.